The Morgan fingerprint density at radius 1 is 1.21 bits per heavy atom. The van der Waals surface area contributed by atoms with Crippen LogP contribution >= 0.6 is 0 Å². The predicted octanol–water partition coefficient (Wildman–Crippen LogP) is 3.52. The highest BCUT2D eigenvalue weighted by atomic mass is 19.2. The van der Waals surface area contributed by atoms with Crippen molar-refractivity contribution in [1.82, 2.24) is 10.3 Å². The number of pyridine rings is 1. The number of hydrogen-bond donors (Lipinski definition) is 1. The van der Waals surface area contributed by atoms with Crippen molar-refractivity contribution < 1.29 is 8.78 Å². The van der Waals surface area contributed by atoms with E-state index in [0.29, 0.717) is 12.1 Å². The second-order valence-electron chi connectivity index (χ2n) is 4.55. The van der Waals surface area contributed by atoms with E-state index in [2.05, 4.69) is 10.3 Å². The van der Waals surface area contributed by atoms with Gasteiger partial charge in [-0.05, 0) is 31.5 Å². The van der Waals surface area contributed by atoms with Crippen LogP contribution in [-0.4, -0.2) is 4.98 Å². The Bertz CT molecular complexity index is 553. The van der Waals surface area contributed by atoms with Gasteiger partial charge in [-0.25, -0.2) is 8.78 Å². The summed E-state index contributed by atoms with van der Waals surface area (Å²) in [4.78, 5) is 4.19. The number of nitrogens with one attached hydrogen (secondary N) is 1. The molecule has 100 valence electrons. The minimum atomic E-state index is -0.817. The van der Waals surface area contributed by atoms with Crippen molar-refractivity contribution in [1.29, 1.82) is 0 Å². The molecular weight excluding hydrogens is 246 g/mol. The lowest BCUT2D eigenvalue weighted by Crippen LogP contribution is -2.19. The van der Waals surface area contributed by atoms with Gasteiger partial charge in [0.05, 0.1) is 0 Å². The molecule has 0 aliphatic heterocycles. The van der Waals surface area contributed by atoms with Crippen LogP contribution in [0.15, 0.2) is 36.5 Å². The molecule has 19 heavy (non-hydrogen) atoms. The van der Waals surface area contributed by atoms with E-state index >= 15 is 0 Å². The van der Waals surface area contributed by atoms with Gasteiger partial charge in [0.25, 0.3) is 0 Å². The van der Waals surface area contributed by atoms with Gasteiger partial charge < -0.3 is 5.32 Å². The summed E-state index contributed by atoms with van der Waals surface area (Å²) in [5, 5.41) is 3.16. The first-order valence-electron chi connectivity index (χ1n) is 6.16. The average molecular weight is 262 g/mol. The number of aryl methyl sites for hydroxylation is 1. The van der Waals surface area contributed by atoms with E-state index in [-0.39, 0.29) is 6.04 Å². The van der Waals surface area contributed by atoms with Gasteiger partial charge in [0.2, 0.25) is 0 Å². The Labute approximate surface area is 111 Å². The first kappa shape index (κ1) is 13.6. The quantitative estimate of drug-likeness (QED) is 0.912. The highest BCUT2D eigenvalue weighted by Crippen LogP contribution is 2.19. The fourth-order valence-corrected chi connectivity index (χ4v) is 1.84. The highest BCUT2D eigenvalue weighted by molar-refractivity contribution is 5.22. The fraction of sp³-hybridized carbons (Fsp3) is 0.267. The summed E-state index contributed by atoms with van der Waals surface area (Å²) in [7, 11) is 0. The molecule has 1 unspecified atom stereocenters. The maximum Gasteiger partial charge on any atom is 0.163 e. The predicted molar refractivity (Wildman–Crippen MR) is 70.6 cm³/mol. The molecule has 1 heterocycles. The third kappa shape index (κ3) is 3.35. The Hall–Kier alpha value is -1.81. The number of hydrogen-bond acceptors (Lipinski definition) is 2. The molecule has 1 aromatic carbocycles. The number of aromatic nitrogens is 1. The Morgan fingerprint density at radius 3 is 2.68 bits per heavy atom. The summed E-state index contributed by atoms with van der Waals surface area (Å²) in [5.74, 6) is -1.60. The fourth-order valence-electron chi connectivity index (χ4n) is 1.84. The zero-order chi connectivity index (χ0) is 13.8. The van der Waals surface area contributed by atoms with Crippen molar-refractivity contribution in [2.45, 2.75) is 26.4 Å². The molecule has 2 nitrogen and oxygen atoms in total. The maximum absolute atomic E-state index is 13.6. The summed E-state index contributed by atoms with van der Waals surface area (Å²) in [6.45, 7) is 4.28. The second kappa shape index (κ2) is 5.89. The zero-order valence-electron chi connectivity index (χ0n) is 11.0. The lowest BCUT2D eigenvalue weighted by atomic mass is 10.1. The summed E-state index contributed by atoms with van der Waals surface area (Å²) >= 11 is 0. The third-order valence-corrected chi connectivity index (χ3v) is 3.03. The molecule has 0 spiro atoms. The molecule has 0 bridgehead atoms. The van der Waals surface area contributed by atoms with E-state index in [9.17, 15) is 8.78 Å². The third-order valence-electron chi connectivity index (χ3n) is 3.03. The van der Waals surface area contributed by atoms with Crippen molar-refractivity contribution in [3.05, 3.63) is 65.0 Å². The lowest BCUT2D eigenvalue weighted by Gasteiger charge is -2.15. The molecule has 0 fully saturated rings. The second-order valence-corrected chi connectivity index (χ2v) is 4.55. The van der Waals surface area contributed by atoms with Gasteiger partial charge in [-0.2, -0.15) is 0 Å². The highest BCUT2D eigenvalue weighted by Gasteiger charge is 2.13. The smallest absolute Gasteiger partial charge is 0.163 e. The molecule has 0 saturated heterocycles. The van der Waals surface area contributed by atoms with Crippen LogP contribution in [0.5, 0.6) is 0 Å². The van der Waals surface area contributed by atoms with Crippen LogP contribution in [0.1, 0.15) is 29.8 Å². The van der Waals surface area contributed by atoms with Crippen LogP contribution in [0.4, 0.5) is 8.78 Å². The number of benzene rings is 1. The molecule has 1 atom stereocenters. The van der Waals surface area contributed by atoms with Crippen molar-refractivity contribution in [3.63, 3.8) is 0 Å². The van der Waals surface area contributed by atoms with Crippen molar-refractivity contribution in [2.24, 2.45) is 0 Å². The minimum absolute atomic E-state index is 0.267. The van der Waals surface area contributed by atoms with E-state index in [0.717, 1.165) is 17.3 Å². The van der Waals surface area contributed by atoms with Crippen LogP contribution in [0.25, 0.3) is 0 Å². The van der Waals surface area contributed by atoms with Crippen molar-refractivity contribution in [2.75, 3.05) is 0 Å². The van der Waals surface area contributed by atoms with E-state index in [4.69, 9.17) is 0 Å². The largest absolute Gasteiger partial charge is 0.306 e. The number of nitrogens with zero attached hydrogens (tertiary/aromatic N) is 1. The Morgan fingerprint density at radius 2 is 2.00 bits per heavy atom. The van der Waals surface area contributed by atoms with Gasteiger partial charge in [0.15, 0.2) is 11.6 Å². The van der Waals surface area contributed by atoms with Crippen LogP contribution < -0.4 is 5.32 Å². The summed E-state index contributed by atoms with van der Waals surface area (Å²) in [6.07, 6.45) is 1.77. The summed E-state index contributed by atoms with van der Waals surface area (Å²) < 4.78 is 26.7. The van der Waals surface area contributed by atoms with Gasteiger partial charge in [0, 0.05) is 30.0 Å². The van der Waals surface area contributed by atoms with Crippen molar-refractivity contribution >= 4 is 0 Å². The lowest BCUT2D eigenvalue weighted by molar-refractivity contribution is 0.472. The van der Waals surface area contributed by atoms with E-state index in [1.165, 1.54) is 6.07 Å². The molecule has 2 rings (SSSR count). The van der Waals surface area contributed by atoms with Gasteiger partial charge >= 0.3 is 0 Å². The summed E-state index contributed by atoms with van der Waals surface area (Å²) in [5.41, 5.74) is 2.29. The number of rotatable bonds is 4. The van der Waals surface area contributed by atoms with Crippen LogP contribution in [-0.2, 0) is 6.54 Å². The monoisotopic (exact) mass is 262 g/mol. The molecule has 4 heteroatoms. The SMILES string of the molecule is Cc1ccc(CNC(C)c2cccc(F)c2F)cn1. The Balaban J connectivity index is 2.03. The van der Waals surface area contributed by atoms with E-state index in [1.54, 1.807) is 19.2 Å². The van der Waals surface area contributed by atoms with Crippen LogP contribution in [0, 0.1) is 18.6 Å². The molecule has 0 saturated carbocycles. The van der Waals surface area contributed by atoms with Gasteiger partial charge in [0.1, 0.15) is 0 Å². The van der Waals surface area contributed by atoms with Crippen LogP contribution in [0.3, 0.4) is 0 Å². The molecular formula is C15H16F2N2. The van der Waals surface area contributed by atoms with Gasteiger partial charge in [-0.3, -0.25) is 4.98 Å². The maximum atomic E-state index is 13.6. The van der Waals surface area contributed by atoms with Gasteiger partial charge in [-0.15, -0.1) is 0 Å². The summed E-state index contributed by atoms with van der Waals surface area (Å²) in [6, 6.07) is 7.84. The van der Waals surface area contributed by atoms with E-state index < -0.39 is 11.6 Å². The molecule has 0 aliphatic carbocycles. The topological polar surface area (TPSA) is 24.9 Å². The first-order valence-corrected chi connectivity index (χ1v) is 6.16. The average Bonchev–Trinajstić information content (AvgIpc) is 2.41. The zero-order valence-corrected chi connectivity index (χ0v) is 11.0. The first-order chi connectivity index (χ1) is 9.08. The number of halogens is 2. The molecule has 0 aliphatic rings. The van der Waals surface area contributed by atoms with E-state index in [1.807, 2.05) is 19.1 Å². The standard InChI is InChI=1S/C15H16F2N2/c1-10-6-7-12(8-18-10)9-19-11(2)13-4-3-5-14(16)15(13)17/h3-8,11,19H,9H2,1-2H3. The molecule has 2 aromatic rings. The molecule has 0 radical (unpaired) electrons. The van der Waals surface area contributed by atoms with Crippen molar-refractivity contribution in [3.8, 4) is 0 Å². The Kier molecular flexibility index (Phi) is 4.22. The van der Waals surface area contributed by atoms with Crippen LogP contribution in [0.2, 0.25) is 0 Å². The molecule has 1 N–H and O–H groups in total. The molecule has 0 amide bonds. The normalized spacial score (nSPS) is 12.4. The minimum Gasteiger partial charge on any atom is -0.306 e. The van der Waals surface area contributed by atoms with Gasteiger partial charge in [-0.1, -0.05) is 18.2 Å². The molecule has 1 aromatic heterocycles.